The maximum atomic E-state index is 12.3. The maximum Gasteiger partial charge on any atom is 0.309 e. The second-order valence-corrected chi connectivity index (χ2v) is 7.47. The van der Waals surface area contributed by atoms with E-state index >= 15 is 0 Å². The quantitative estimate of drug-likeness (QED) is 0.642. The van der Waals surface area contributed by atoms with Gasteiger partial charge in [-0.2, -0.15) is 0 Å². The van der Waals surface area contributed by atoms with E-state index in [0.29, 0.717) is 19.5 Å². The first kappa shape index (κ1) is 21.9. The molecule has 2 N–H and O–H groups in total. The zero-order valence-electron chi connectivity index (χ0n) is 17.6. The third-order valence-electron chi connectivity index (χ3n) is 5.57. The summed E-state index contributed by atoms with van der Waals surface area (Å²) in [6.45, 7) is 7.88. The van der Waals surface area contributed by atoms with Gasteiger partial charge in [0, 0.05) is 51.7 Å². The molecule has 1 saturated heterocycles. The molecular formula is C23H31N5O2. The van der Waals surface area contributed by atoms with Gasteiger partial charge in [-0.15, -0.1) is 0 Å². The van der Waals surface area contributed by atoms with Gasteiger partial charge in [-0.1, -0.05) is 43.3 Å². The Balaban J connectivity index is 1.51. The lowest BCUT2D eigenvalue weighted by Gasteiger charge is -2.39. The van der Waals surface area contributed by atoms with Crippen molar-refractivity contribution in [2.24, 2.45) is 0 Å². The number of hydrogen-bond donors (Lipinski definition) is 2. The van der Waals surface area contributed by atoms with Crippen molar-refractivity contribution in [1.29, 1.82) is 0 Å². The Labute approximate surface area is 178 Å². The first-order valence-corrected chi connectivity index (χ1v) is 10.6. The number of likely N-dealkylation sites (N-methyl/N-ethyl adjacent to an activating group) is 1. The molecule has 2 aromatic rings. The van der Waals surface area contributed by atoms with E-state index in [9.17, 15) is 9.59 Å². The van der Waals surface area contributed by atoms with Crippen LogP contribution in [0.2, 0.25) is 0 Å². The highest BCUT2D eigenvalue weighted by atomic mass is 16.2. The van der Waals surface area contributed by atoms with Crippen LogP contribution in [-0.4, -0.2) is 72.4 Å². The zero-order valence-corrected chi connectivity index (χ0v) is 17.6. The number of nitrogens with zero attached hydrogens (tertiary/aromatic N) is 3. The highest BCUT2D eigenvalue weighted by Gasteiger charge is 2.26. The fraction of sp³-hybridized carbons (Fsp3) is 0.435. The molecule has 1 atom stereocenters. The molecule has 160 valence electrons. The van der Waals surface area contributed by atoms with E-state index < -0.39 is 11.8 Å². The third-order valence-corrected chi connectivity index (χ3v) is 5.57. The Morgan fingerprint density at radius 2 is 1.73 bits per heavy atom. The number of carbonyl (C=O) groups excluding carboxylic acids is 2. The molecule has 30 heavy (non-hydrogen) atoms. The highest BCUT2D eigenvalue weighted by Crippen LogP contribution is 2.21. The van der Waals surface area contributed by atoms with Crippen LogP contribution in [0.25, 0.3) is 0 Å². The van der Waals surface area contributed by atoms with Crippen LogP contribution in [0.3, 0.4) is 0 Å². The molecule has 1 aliphatic rings. The van der Waals surface area contributed by atoms with Crippen LogP contribution in [0.1, 0.15) is 24.1 Å². The number of hydrogen-bond acceptors (Lipinski definition) is 5. The second kappa shape index (κ2) is 11.4. The summed E-state index contributed by atoms with van der Waals surface area (Å²) in [5.41, 5.74) is 2.17. The summed E-state index contributed by atoms with van der Waals surface area (Å²) in [5, 5.41) is 5.52. The molecule has 0 radical (unpaired) electrons. The van der Waals surface area contributed by atoms with Crippen LogP contribution >= 0.6 is 0 Å². The van der Waals surface area contributed by atoms with Gasteiger partial charge in [-0.3, -0.25) is 19.5 Å². The Kier molecular flexibility index (Phi) is 8.35. The lowest BCUT2D eigenvalue weighted by molar-refractivity contribution is -0.139. The molecule has 0 saturated carbocycles. The topological polar surface area (TPSA) is 77.6 Å². The minimum absolute atomic E-state index is 0.00113. The molecule has 1 aromatic carbocycles. The van der Waals surface area contributed by atoms with Crippen molar-refractivity contribution < 1.29 is 9.59 Å². The molecule has 1 aliphatic heterocycles. The minimum atomic E-state index is -0.593. The molecule has 0 unspecified atom stereocenters. The van der Waals surface area contributed by atoms with Gasteiger partial charge in [-0.05, 0) is 30.2 Å². The average molecular weight is 410 g/mol. The Morgan fingerprint density at radius 1 is 1.00 bits per heavy atom. The molecule has 0 aliphatic carbocycles. The van der Waals surface area contributed by atoms with Crippen molar-refractivity contribution in [2.45, 2.75) is 19.4 Å². The van der Waals surface area contributed by atoms with E-state index in [1.54, 1.807) is 6.20 Å². The Bertz CT molecular complexity index is 792. The molecule has 0 bridgehead atoms. The zero-order chi connectivity index (χ0) is 21.2. The van der Waals surface area contributed by atoms with Gasteiger partial charge in [0.2, 0.25) is 0 Å². The molecule has 1 fully saturated rings. The van der Waals surface area contributed by atoms with Crippen LogP contribution in [0.15, 0.2) is 54.9 Å². The van der Waals surface area contributed by atoms with E-state index in [4.69, 9.17) is 0 Å². The number of carbonyl (C=O) groups is 2. The first-order valence-electron chi connectivity index (χ1n) is 10.6. The number of pyridine rings is 1. The van der Waals surface area contributed by atoms with Gasteiger partial charge in [0.15, 0.2) is 0 Å². The van der Waals surface area contributed by atoms with E-state index in [2.05, 4.69) is 32.3 Å². The number of nitrogens with one attached hydrogen (secondary N) is 2. The van der Waals surface area contributed by atoms with Crippen LogP contribution in [-0.2, 0) is 16.0 Å². The normalized spacial score (nSPS) is 16.0. The fourth-order valence-electron chi connectivity index (χ4n) is 3.74. The number of aromatic nitrogens is 1. The number of amides is 2. The summed E-state index contributed by atoms with van der Waals surface area (Å²) in [5.74, 6) is -1.18. The predicted octanol–water partition coefficient (Wildman–Crippen LogP) is 1.24. The summed E-state index contributed by atoms with van der Waals surface area (Å²) in [6.07, 6.45) is 4.27. The van der Waals surface area contributed by atoms with Crippen molar-refractivity contribution in [1.82, 2.24) is 25.4 Å². The van der Waals surface area contributed by atoms with Crippen LogP contribution in [0, 0.1) is 0 Å². The van der Waals surface area contributed by atoms with E-state index in [0.717, 1.165) is 43.9 Å². The molecular weight excluding hydrogens is 378 g/mol. The molecule has 2 heterocycles. The van der Waals surface area contributed by atoms with E-state index in [1.807, 2.05) is 48.7 Å². The maximum absolute atomic E-state index is 12.3. The lowest BCUT2D eigenvalue weighted by Crippen LogP contribution is -2.50. The predicted molar refractivity (Wildman–Crippen MR) is 117 cm³/mol. The van der Waals surface area contributed by atoms with Gasteiger partial charge in [0.05, 0.1) is 6.04 Å². The number of benzene rings is 1. The van der Waals surface area contributed by atoms with Gasteiger partial charge >= 0.3 is 11.8 Å². The van der Waals surface area contributed by atoms with Crippen LogP contribution < -0.4 is 10.6 Å². The summed E-state index contributed by atoms with van der Waals surface area (Å²) in [6, 6.07) is 13.8. The van der Waals surface area contributed by atoms with Gasteiger partial charge in [0.1, 0.15) is 0 Å². The Hall–Kier alpha value is -2.77. The third kappa shape index (κ3) is 6.37. The highest BCUT2D eigenvalue weighted by molar-refractivity contribution is 6.35. The summed E-state index contributed by atoms with van der Waals surface area (Å²) in [4.78, 5) is 33.5. The monoisotopic (exact) mass is 409 g/mol. The van der Waals surface area contributed by atoms with E-state index in [-0.39, 0.29) is 6.04 Å². The standard InChI is InChI=1S/C23H31N5O2/c1-2-27-13-15-28(16-14-27)21(20-9-6-11-24-17-20)18-26-23(30)22(29)25-12-10-19-7-4-3-5-8-19/h3-9,11,17,21H,2,10,12-16,18H2,1H3,(H,25,29)(H,26,30)/t21-/m1/s1. The van der Waals surface area contributed by atoms with Crippen LogP contribution in [0.5, 0.6) is 0 Å². The first-order chi connectivity index (χ1) is 14.7. The Morgan fingerprint density at radius 3 is 2.40 bits per heavy atom. The van der Waals surface area contributed by atoms with Crippen molar-refractivity contribution in [3.8, 4) is 0 Å². The average Bonchev–Trinajstić information content (AvgIpc) is 2.81. The summed E-state index contributed by atoms with van der Waals surface area (Å²) in [7, 11) is 0. The van der Waals surface area contributed by atoms with Crippen molar-refractivity contribution in [3.63, 3.8) is 0 Å². The van der Waals surface area contributed by atoms with Gasteiger partial charge < -0.3 is 15.5 Å². The number of piperazine rings is 1. The molecule has 1 aromatic heterocycles. The van der Waals surface area contributed by atoms with Crippen molar-refractivity contribution in [2.75, 3.05) is 45.8 Å². The lowest BCUT2D eigenvalue weighted by atomic mass is 10.1. The molecule has 7 heteroatoms. The SMILES string of the molecule is CCN1CCN([C@H](CNC(=O)C(=O)NCCc2ccccc2)c2cccnc2)CC1. The summed E-state index contributed by atoms with van der Waals surface area (Å²) < 4.78 is 0. The minimum Gasteiger partial charge on any atom is -0.348 e. The van der Waals surface area contributed by atoms with Crippen LogP contribution in [0.4, 0.5) is 0 Å². The smallest absolute Gasteiger partial charge is 0.309 e. The molecule has 2 amide bonds. The van der Waals surface area contributed by atoms with Gasteiger partial charge in [-0.25, -0.2) is 0 Å². The van der Waals surface area contributed by atoms with Crippen molar-refractivity contribution in [3.05, 3.63) is 66.0 Å². The van der Waals surface area contributed by atoms with Crippen molar-refractivity contribution >= 4 is 11.8 Å². The van der Waals surface area contributed by atoms with E-state index in [1.165, 1.54) is 0 Å². The largest absolute Gasteiger partial charge is 0.348 e. The number of rotatable bonds is 8. The molecule has 3 rings (SSSR count). The molecule has 7 nitrogen and oxygen atoms in total. The van der Waals surface area contributed by atoms with Gasteiger partial charge in [0.25, 0.3) is 0 Å². The fourth-order valence-corrected chi connectivity index (χ4v) is 3.74. The second-order valence-electron chi connectivity index (χ2n) is 7.47. The summed E-state index contributed by atoms with van der Waals surface area (Å²) >= 11 is 0. The molecule has 0 spiro atoms.